The Kier molecular flexibility index (Phi) is 2.82. The van der Waals surface area contributed by atoms with Gasteiger partial charge in [-0.3, -0.25) is 0 Å². The van der Waals surface area contributed by atoms with Crippen molar-refractivity contribution < 1.29 is 0 Å². The van der Waals surface area contributed by atoms with Gasteiger partial charge in [-0.1, -0.05) is 35.9 Å². The fourth-order valence-corrected chi connectivity index (χ4v) is 2.15. The Labute approximate surface area is 98.0 Å². The summed E-state index contributed by atoms with van der Waals surface area (Å²) < 4.78 is 0. The van der Waals surface area contributed by atoms with Gasteiger partial charge in [0.1, 0.15) is 0 Å². The summed E-state index contributed by atoms with van der Waals surface area (Å²) in [5.41, 5.74) is 8.23. The molecule has 0 radical (unpaired) electrons. The Morgan fingerprint density at radius 1 is 1.00 bits per heavy atom. The van der Waals surface area contributed by atoms with Crippen LogP contribution in [0.15, 0.2) is 47.6 Å². The highest BCUT2D eigenvalue weighted by Gasteiger charge is 2.18. The highest BCUT2D eigenvalue weighted by atomic mass is 14.2. The lowest BCUT2D eigenvalue weighted by Gasteiger charge is -2.05. The highest BCUT2D eigenvalue weighted by Crippen LogP contribution is 2.39. The molecule has 0 saturated heterocycles. The van der Waals surface area contributed by atoms with E-state index in [4.69, 9.17) is 0 Å². The molecule has 1 aromatic carbocycles. The first-order valence-electron chi connectivity index (χ1n) is 5.77. The van der Waals surface area contributed by atoms with Crippen LogP contribution in [0.2, 0.25) is 0 Å². The monoisotopic (exact) mass is 210 g/mol. The van der Waals surface area contributed by atoms with E-state index in [9.17, 15) is 0 Å². The van der Waals surface area contributed by atoms with Gasteiger partial charge in [-0.05, 0) is 61.6 Å². The number of hydrogen-bond donors (Lipinski definition) is 0. The summed E-state index contributed by atoms with van der Waals surface area (Å²) >= 11 is 0. The molecule has 16 heavy (non-hydrogen) atoms. The number of benzene rings is 1. The second-order valence-electron chi connectivity index (χ2n) is 4.49. The Balaban J connectivity index is 2.68. The van der Waals surface area contributed by atoms with Crippen LogP contribution < -0.4 is 0 Å². The van der Waals surface area contributed by atoms with Crippen molar-refractivity contribution in [3.63, 3.8) is 0 Å². The van der Waals surface area contributed by atoms with Crippen molar-refractivity contribution >= 4 is 11.1 Å². The minimum atomic E-state index is 1.35. The molecule has 0 aliphatic heterocycles. The van der Waals surface area contributed by atoms with Gasteiger partial charge in [0.25, 0.3) is 0 Å². The molecule has 82 valence electrons. The first-order chi connectivity index (χ1) is 7.65. The summed E-state index contributed by atoms with van der Waals surface area (Å²) in [4.78, 5) is 0. The second kappa shape index (κ2) is 4.13. The van der Waals surface area contributed by atoms with Gasteiger partial charge in [0, 0.05) is 0 Å². The van der Waals surface area contributed by atoms with Gasteiger partial charge >= 0.3 is 0 Å². The molecule has 0 unspecified atom stereocenters. The van der Waals surface area contributed by atoms with Gasteiger partial charge in [0.2, 0.25) is 0 Å². The average Bonchev–Trinajstić information content (AvgIpc) is 2.67. The van der Waals surface area contributed by atoms with Gasteiger partial charge in [0.15, 0.2) is 0 Å². The number of rotatable bonds is 1. The molecule has 0 saturated carbocycles. The van der Waals surface area contributed by atoms with Crippen LogP contribution in [0.1, 0.15) is 38.8 Å². The van der Waals surface area contributed by atoms with E-state index in [0.717, 1.165) is 0 Å². The molecular weight excluding hydrogens is 192 g/mol. The lowest BCUT2D eigenvalue weighted by atomic mass is 9.99. The molecular formula is C16H18. The summed E-state index contributed by atoms with van der Waals surface area (Å²) in [5.74, 6) is 0. The first-order valence-corrected chi connectivity index (χ1v) is 5.77. The minimum Gasteiger partial charge on any atom is -0.0841 e. The van der Waals surface area contributed by atoms with E-state index in [2.05, 4.69) is 64.1 Å². The number of hydrogen-bond acceptors (Lipinski definition) is 0. The molecule has 0 spiro atoms. The number of allylic oxidation sites excluding steroid dienone is 6. The predicted molar refractivity (Wildman–Crippen MR) is 72.1 cm³/mol. The third-order valence-corrected chi connectivity index (χ3v) is 3.19. The maximum Gasteiger partial charge on any atom is -0.0103 e. The topological polar surface area (TPSA) is 0 Å². The van der Waals surface area contributed by atoms with E-state index >= 15 is 0 Å². The van der Waals surface area contributed by atoms with Gasteiger partial charge in [-0.25, -0.2) is 0 Å². The van der Waals surface area contributed by atoms with Crippen molar-refractivity contribution in [2.24, 2.45) is 0 Å². The fourth-order valence-electron chi connectivity index (χ4n) is 2.15. The first kappa shape index (κ1) is 10.9. The Bertz CT molecular complexity index is 507. The van der Waals surface area contributed by atoms with E-state index in [0.29, 0.717) is 0 Å². The maximum atomic E-state index is 2.31. The average molecular weight is 210 g/mol. The van der Waals surface area contributed by atoms with Crippen LogP contribution >= 0.6 is 0 Å². The van der Waals surface area contributed by atoms with E-state index in [1.807, 2.05) is 0 Å². The van der Waals surface area contributed by atoms with Gasteiger partial charge < -0.3 is 0 Å². The van der Waals surface area contributed by atoms with Crippen LogP contribution in [0.25, 0.3) is 11.1 Å². The Hall–Kier alpha value is -1.56. The van der Waals surface area contributed by atoms with Crippen molar-refractivity contribution in [2.75, 3.05) is 0 Å². The van der Waals surface area contributed by atoms with Gasteiger partial charge in [0.05, 0.1) is 0 Å². The van der Waals surface area contributed by atoms with Crippen LogP contribution in [0.4, 0.5) is 0 Å². The van der Waals surface area contributed by atoms with Crippen LogP contribution in [0, 0.1) is 0 Å². The molecule has 0 aromatic heterocycles. The van der Waals surface area contributed by atoms with Crippen LogP contribution in [0.5, 0.6) is 0 Å². The molecule has 0 nitrogen and oxygen atoms in total. The van der Waals surface area contributed by atoms with Gasteiger partial charge in [-0.15, -0.1) is 0 Å². The quantitative estimate of drug-likeness (QED) is 0.622. The minimum absolute atomic E-state index is 1.35. The maximum absolute atomic E-state index is 2.31. The molecule has 2 rings (SSSR count). The van der Waals surface area contributed by atoms with Gasteiger partial charge in [-0.2, -0.15) is 0 Å². The van der Waals surface area contributed by atoms with E-state index in [1.54, 1.807) is 0 Å². The molecule has 1 aromatic rings. The predicted octanol–water partition coefficient (Wildman–Crippen LogP) is 4.84. The lowest BCUT2D eigenvalue weighted by Crippen LogP contribution is -1.85. The molecule has 0 heterocycles. The third kappa shape index (κ3) is 1.65. The molecule has 0 heteroatoms. The number of fused-ring (bicyclic) bond motifs is 1. The van der Waals surface area contributed by atoms with Crippen molar-refractivity contribution in [3.8, 4) is 0 Å². The normalized spacial score (nSPS) is 14.9. The van der Waals surface area contributed by atoms with Crippen molar-refractivity contribution in [1.82, 2.24) is 0 Å². The second-order valence-corrected chi connectivity index (χ2v) is 4.49. The lowest BCUT2D eigenvalue weighted by molar-refractivity contribution is 1.40. The molecule has 1 aliphatic rings. The molecule has 0 amide bonds. The summed E-state index contributed by atoms with van der Waals surface area (Å²) in [6.07, 6.45) is 4.49. The van der Waals surface area contributed by atoms with E-state index in [1.165, 1.54) is 33.4 Å². The fraction of sp³-hybridized carbons (Fsp3) is 0.250. The molecule has 1 aliphatic carbocycles. The largest absolute Gasteiger partial charge is 0.0841 e. The third-order valence-electron chi connectivity index (χ3n) is 3.19. The van der Waals surface area contributed by atoms with Crippen LogP contribution in [-0.2, 0) is 0 Å². The summed E-state index contributed by atoms with van der Waals surface area (Å²) in [5, 5.41) is 0. The Morgan fingerprint density at radius 3 is 2.19 bits per heavy atom. The highest BCUT2D eigenvalue weighted by molar-refractivity contribution is 6.01. The van der Waals surface area contributed by atoms with Crippen molar-refractivity contribution in [3.05, 3.63) is 58.7 Å². The van der Waals surface area contributed by atoms with Crippen molar-refractivity contribution in [2.45, 2.75) is 27.7 Å². The van der Waals surface area contributed by atoms with E-state index in [-0.39, 0.29) is 0 Å². The van der Waals surface area contributed by atoms with E-state index < -0.39 is 0 Å². The molecule has 0 N–H and O–H groups in total. The standard InChI is InChI=1S/C16H18/c1-5-12(4)16-10-15(11(2)3)13-8-6-7-9-14(13)16/h5-10H,1-4H3/b12-5+. The van der Waals surface area contributed by atoms with Crippen LogP contribution in [-0.4, -0.2) is 0 Å². The SMILES string of the molecule is C/C=C(\C)C1=CC(=C(C)C)c2ccccc21. The smallest absolute Gasteiger partial charge is 0.0103 e. The van der Waals surface area contributed by atoms with Crippen LogP contribution in [0.3, 0.4) is 0 Å². The summed E-state index contributed by atoms with van der Waals surface area (Å²) in [7, 11) is 0. The molecule has 0 atom stereocenters. The molecule has 0 fully saturated rings. The van der Waals surface area contributed by atoms with Crippen molar-refractivity contribution in [1.29, 1.82) is 0 Å². The summed E-state index contributed by atoms with van der Waals surface area (Å²) in [6, 6.07) is 8.65. The summed E-state index contributed by atoms with van der Waals surface area (Å²) in [6.45, 7) is 8.63. The zero-order chi connectivity index (χ0) is 11.7. The Morgan fingerprint density at radius 2 is 1.62 bits per heavy atom. The zero-order valence-corrected chi connectivity index (χ0v) is 10.5. The zero-order valence-electron chi connectivity index (χ0n) is 10.5. The molecule has 0 bridgehead atoms.